The monoisotopic (exact) mass is 1830 g/mol. The van der Waals surface area contributed by atoms with Gasteiger partial charge < -0.3 is 68.3 Å². The number of carbonyl (C=O) groups is 6. The maximum atomic E-state index is 13.5. The summed E-state index contributed by atoms with van der Waals surface area (Å²) in [5, 5.41) is 36.1. The summed E-state index contributed by atoms with van der Waals surface area (Å²) >= 11 is 0. The Kier molecular flexibility index (Phi) is 26.7. The molecule has 6 amide bonds. The van der Waals surface area contributed by atoms with Crippen molar-refractivity contribution in [2.75, 3.05) is 127 Å². The number of amides is 6. The molecule has 4 aromatic carbocycles. The fourth-order valence-corrected chi connectivity index (χ4v) is 21.3. The lowest BCUT2D eigenvalue weighted by molar-refractivity contribution is -0.154. The molecule has 12 heterocycles. The third kappa shape index (κ3) is 19.6. The van der Waals surface area contributed by atoms with Gasteiger partial charge in [-0.1, -0.05) is 93.5 Å². The number of nitrogens with zero attached hydrogens (tertiary/aromatic N) is 12. The van der Waals surface area contributed by atoms with E-state index in [0.29, 0.717) is 67.8 Å². The number of fused-ring (bicyclic) bond motifs is 8. The lowest BCUT2D eigenvalue weighted by Gasteiger charge is -2.38. The highest BCUT2D eigenvalue weighted by Crippen LogP contribution is 2.45. The summed E-state index contributed by atoms with van der Waals surface area (Å²) in [5.41, 5.74) is 26.8. The van der Waals surface area contributed by atoms with E-state index >= 15 is 0 Å². The van der Waals surface area contributed by atoms with Gasteiger partial charge in [0.15, 0.2) is 0 Å². The lowest BCUT2D eigenvalue weighted by Crippen LogP contribution is -2.57. The molecule has 4 saturated heterocycles. The van der Waals surface area contributed by atoms with Crippen LogP contribution in [0.15, 0.2) is 97.1 Å². The minimum atomic E-state index is -0.564. The molecule has 0 radical (unpaired) electrons. The molecule has 0 bridgehead atoms. The van der Waals surface area contributed by atoms with Crippen molar-refractivity contribution in [1.82, 2.24) is 80.3 Å². The van der Waals surface area contributed by atoms with E-state index in [4.69, 9.17) is 18.9 Å². The van der Waals surface area contributed by atoms with Crippen LogP contribution in [-0.2, 0) is 99.1 Å². The van der Waals surface area contributed by atoms with Gasteiger partial charge in [-0.2, -0.15) is 20.4 Å². The molecule has 6 atom stereocenters. The van der Waals surface area contributed by atoms with Gasteiger partial charge in [0.1, 0.15) is 48.1 Å². The van der Waals surface area contributed by atoms with Crippen molar-refractivity contribution in [3.05, 3.63) is 142 Å². The number of aromatic nitrogens is 12. The second-order valence-corrected chi connectivity index (χ2v) is 42.2. The Morgan fingerprint density at radius 2 is 0.716 bits per heavy atom. The molecule has 30 heteroatoms. The molecule has 12 aromatic rings. The summed E-state index contributed by atoms with van der Waals surface area (Å²) in [6, 6.07) is 31.5. The van der Waals surface area contributed by atoms with Crippen LogP contribution in [0.25, 0.3) is 89.2 Å². The number of aromatic amines is 8. The first-order chi connectivity index (χ1) is 63.8. The van der Waals surface area contributed by atoms with Gasteiger partial charge in [0, 0.05) is 172 Å². The standard InChI is InChI=1S/C27H37N5O2.C26H33N5O3.C26H35N5O2.C25H31N5O3/c1-17(2)25(32-10-12-34-13-11-32)26(33)31(5)19-7-6-18-14-22(28-21(18)15-19)24-20-8-9-27(3,4)16-23(20)29-30-24;1-15-13-34-14-23(32)31(15)16(2)25(33)30(5)18-7-6-17-10-21(27-20(17)11-18)24-19-8-9-26(3,4)12-22(19)28-29-24;1-16-15-33-11-10-31(16)17(2)25(32)30(5)19-7-6-18-12-22(27-21(18)13-19)24-20-8-9-26(3,4)14-23(20)28-29-24;1-15(30-9-10-33-14-22(30)31)24(32)29(4)17-6-5-16-11-20(26-19(16)12-17)23-18-7-8-25(2,3)13-21(18)27-28-23/h6-7,14-15,17,25,28H,8-13,16H2,1-5H3,(H,29,30);6-7,10-11,15-16,27H,8-9,12-14H2,1-5H3,(H,28,29);6-7,12-13,16-17,27H,8-11,14-15H2,1-5H3,(H,28,29);5-6,11-12,15,26H,7-10,13-14H2,1-4H3,(H,27,28). The number of rotatable bonds is 17. The average molecular weight is 1830 g/mol. The van der Waals surface area contributed by atoms with Crippen LogP contribution in [0, 0.1) is 27.6 Å². The summed E-state index contributed by atoms with van der Waals surface area (Å²) in [6.45, 7) is 38.8. The van der Waals surface area contributed by atoms with Crippen molar-refractivity contribution in [1.29, 1.82) is 0 Å². The molecule has 712 valence electrons. The van der Waals surface area contributed by atoms with Gasteiger partial charge in [-0.15, -0.1) is 0 Å². The zero-order valence-electron chi connectivity index (χ0n) is 81.7. The lowest BCUT2D eigenvalue weighted by atomic mass is 9.76. The van der Waals surface area contributed by atoms with Crippen LogP contribution < -0.4 is 19.6 Å². The van der Waals surface area contributed by atoms with Crippen LogP contribution in [0.4, 0.5) is 22.7 Å². The number of hydrogen-bond donors (Lipinski definition) is 8. The van der Waals surface area contributed by atoms with Gasteiger partial charge >= 0.3 is 0 Å². The first kappa shape index (κ1) is 94.2. The van der Waals surface area contributed by atoms with Crippen molar-refractivity contribution in [2.24, 2.45) is 27.6 Å². The van der Waals surface area contributed by atoms with Crippen LogP contribution in [0.3, 0.4) is 0 Å². The number of morpholine rings is 4. The first-order valence-electron chi connectivity index (χ1n) is 48.1. The molecule has 4 aliphatic heterocycles. The van der Waals surface area contributed by atoms with Gasteiger partial charge in [-0.05, 0) is 212 Å². The SMILES string of the molecule is CC(C(=O)N(C)c1ccc2cc(-c3n[nH]c4c3CCC(C)(C)C4)[nH]c2c1)N1CCOCC1=O.CC(C)C(C(=O)N(C)c1ccc2cc(-c3n[nH]c4c3CCC(C)(C)C4)[nH]c2c1)N1CCOCC1.CC1COCC(=O)N1C(C)C(=O)N(C)c1ccc2cc(-c3n[nH]c4c3CCC(C)(C)C4)[nH]c2c1.CC1COCCN1C(C)C(=O)N(C)c1ccc2cc(-c3n[nH]c4c3CCC(C)(C)C4)[nH]c2c1. The first-order valence-corrected chi connectivity index (χ1v) is 48.1. The fourth-order valence-electron chi connectivity index (χ4n) is 21.3. The van der Waals surface area contributed by atoms with Crippen molar-refractivity contribution < 1.29 is 47.7 Å². The zero-order valence-corrected chi connectivity index (χ0v) is 81.7. The second-order valence-electron chi connectivity index (χ2n) is 42.2. The summed E-state index contributed by atoms with van der Waals surface area (Å²) in [6.07, 6.45) is 12.8. The van der Waals surface area contributed by atoms with Crippen molar-refractivity contribution in [3.63, 3.8) is 0 Å². The molecule has 8 aromatic heterocycles. The minimum Gasteiger partial charge on any atom is -0.379 e. The molecule has 8 N–H and O–H groups in total. The summed E-state index contributed by atoms with van der Waals surface area (Å²) in [5.74, 6) is -0.0954. The van der Waals surface area contributed by atoms with Gasteiger partial charge in [-0.3, -0.25) is 59.0 Å². The smallest absolute Gasteiger partial charge is 0.249 e. The minimum absolute atomic E-state index is 0.0251. The summed E-state index contributed by atoms with van der Waals surface area (Å²) in [7, 11) is 7.25. The Hall–Kier alpha value is -11.5. The normalized spacial score (nSPS) is 20.2. The number of H-pyrrole nitrogens is 8. The molecule has 20 rings (SSSR count). The zero-order chi connectivity index (χ0) is 94.9. The van der Waals surface area contributed by atoms with E-state index in [1.807, 2.05) is 76.5 Å². The third-order valence-electron chi connectivity index (χ3n) is 29.5. The van der Waals surface area contributed by atoms with E-state index < -0.39 is 12.1 Å². The molecule has 4 aliphatic carbocycles. The van der Waals surface area contributed by atoms with E-state index in [-0.39, 0.29) is 78.7 Å². The van der Waals surface area contributed by atoms with Crippen LogP contribution in [0.2, 0.25) is 0 Å². The van der Waals surface area contributed by atoms with E-state index in [2.05, 4.69) is 195 Å². The van der Waals surface area contributed by atoms with Crippen LogP contribution in [0.1, 0.15) is 175 Å². The number of likely N-dealkylation sites (N-methyl/N-ethyl adjacent to an activating group) is 4. The fraction of sp³-hybridized carbons (Fsp3) is 0.519. The van der Waals surface area contributed by atoms with Crippen LogP contribution in [-0.4, -0.2) is 259 Å². The molecule has 0 spiro atoms. The number of nitrogens with one attached hydrogen (secondary N) is 8. The predicted molar refractivity (Wildman–Crippen MR) is 526 cm³/mol. The molecule has 6 unspecified atom stereocenters. The van der Waals surface area contributed by atoms with Crippen molar-refractivity contribution >= 4 is 102 Å². The molecule has 8 aliphatic rings. The summed E-state index contributed by atoms with van der Waals surface area (Å²) in [4.78, 5) is 106. The molecule has 0 saturated carbocycles. The van der Waals surface area contributed by atoms with Gasteiger partial charge in [-0.25, -0.2) is 0 Å². The van der Waals surface area contributed by atoms with Gasteiger partial charge in [0.25, 0.3) is 0 Å². The highest BCUT2D eigenvalue weighted by Gasteiger charge is 2.41. The topological polar surface area (TPSA) is 343 Å². The summed E-state index contributed by atoms with van der Waals surface area (Å²) < 4.78 is 21.5. The quantitative estimate of drug-likeness (QED) is 0.0420. The Morgan fingerprint density at radius 3 is 1.07 bits per heavy atom. The van der Waals surface area contributed by atoms with E-state index in [1.165, 1.54) is 57.9 Å². The Balaban J connectivity index is 0.000000124. The molecular weight excluding hydrogens is 1690 g/mol. The van der Waals surface area contributed by atoms with E-state index in [0.717, 1.165) is 196 Å². The Labute approximate surface area is 784 Å². The predicted octanol–water partition coefficient (Wildman–Crippen LogP) is 15.5. The maximum Gasteiger partial charge on any atom is 0.249 e. The highest BCUT2D eigenvalue weighted by atomic mass is 16.5. The number of ether oxygens (including phenoxy) is 4. The third-order valence-corrected chi connectivity index (χ3v) is 29.5. The van der Waals surface area contributed by atoms with Crippen molar-refractivity contribution in [3.8, 4) is 45.6 Å². The molecule has 134 heavy (non-hydrogen) atoms. The number of carbonyl (C=O) groups excluding carboxylic acids is 6. The molecule has 4 fully saturated rings. The van der Waals surface area contributed by atoms with Crippen LogP contribution in [0.5, 0.6) is 0 Å². The number of hydrogen-bond acceptors (Lipinski definition) is 16. The second kappa shape index (κ2) is 38.0. The molecular formula is C104H136N20O10. The van der Waals surface area contributed by atoms with Gasteiger partial charge in [0.2, 0.25) is 35.4 Å². The Morgan fingerprint density at radius 1 is 0.388 bits per heavy atom. The average Bonchev–Trinajstić information content (AvgIpc) is 1.62. The van der Waals surface area contributed by atoms with E-state index in [9.17, 15) is 28.8 Å². The van der Waals surface area contributed by atoms with Gasteiger partial charge in [0.05, 0.1) is 80.5 Å². The van der Waals surface area contributed by atoms with Crippen molar-refractivity contribution in [2.45, 2.75) is 217 Å². The molecule has 30 nitrogen and oxygen atoms in total. The largest absolute Gasteiger partial charge is 0.379 e. The number of anilines is 4. The maximum absolute atomic E-state index is 13.5. The number of benzene rings is 4. The van der Waals surface area contributed by atoms with Crippen LogP contribution >= 0.6 is 0 Å². The highest BCUT2D eigenvalue weighted by molar-refractivity contribution is 6.04. The van der Waals surface area contributed by atoms with E-state index in [1.54, 1.807) is 57.3 Å². The Bertz CT molecular complexity index is 6350.